The number of hydrogen-bond donors (Lipinski definition) is 3. The van der Waals surface area contributed by atoms with Crippen molar-refractivity contribution in [3.05, 3.63) is 17.0 Å². The lowest BCUT2D eigenvalue weighted by atomic mass is 10.00. The molecule has 1 heterocycles. The molecule has 1 unspecified atom stereocenters. The molecule has 0 fully saturated rings. The lowest BCUT2D eigenvalue weighted by Crippen LogP contribution is -2.30. The molecule has 0 spiro atoms. The van der Waals surface area contributed by atoms with Crippen LogP contribution in [0.5, 0.6) is 0 Å². The number of aromatic amines is 1. The fourth-order valence-corrected chi connectivity index (χ4v) is 2.15. The molecule has 1 aromatic heterocycles. The Morgan fingerprint density at radius 1 is 1.44 bits per heavy atom. The number of nitrogens with zero attached hydrogens (tertiary/aromatic N) is 1. The Balaban J connectivity index is 2.54. The van der Waals surface area contributed by atoms with Crippen LogP contribution < -0.4 is 5.32 Å². The van der Waals surface area contributed by atoms with E-state index in [0.717, 1.165) is 30.7 Å². The zero-order valence-electron chi connectivity index (χ0n) is 11.4. The summed E-state index contributed by atoms with van der Waals surface area (Å²) in [5.41, 5.74) is 2.15. The molecule has 3 N–H and O–H groups in total. The quantitative estimate of drug-likeness (QED) is 0.690. The van der Waals surface area contributed by atoms with E-state index in [0.29, 0.717) is 18.0 Å². The predicted octanol–water partition coefficient (Wildman–Crippen LogP) is 1.56. The maximum Gasteiger partial charge on any atom is 0.255 e. The predicted molar refractivity (Wildman–Crippen MR) is 70.5 cm³/mol. The van der Waals surface area contributed by atoms with Gasteiger partial charge in [-0.25, -0.2) is 0 Å². The Kier molecular flexibility index (Phi) is 5.85. The average molecular weight is 253 g/mol. The molecule has 0 aliphatic carbocycles. The van der Waals surface area contributed by atoms with E-state index in [-0.39, 0.29) is 12.5 Å². The number of aliphatic hydroxyl groups is 1. The van der Waals surface area contributed by atoms with E-state index in [1.807, 2.05) is 13.8 Å². The molecule has 0 aromatic carbocycles. The normalized spacial score (nSPS) is 12.4. The maximum absolute atomic E-state index is 12.0. The molecule has 0 bridgehead atoms. The van der Waals surface area contributed by atoms with Crippen LogP contribution in [0, 0.1) is 19.8 Å². The van der Waals surface area contributed by atoms with Crippen molar-refractivity contribution >= 4 is 5.91 Å². The molecule has 0 saturated heterocycles. The number of hydrogen-bond acceptors (Lipinski definition) is 3. The molecular weight excluding hydrogens is 230 g/mol. The van der Waals surface area contributed by atoms with Gasteiger partial charge in [0.15, 0.2) is 0 Å². The zero-order chi connectivity index (χ0) is 13.5. The van der Waals surface area contributed by atoms with Gasteiger partial charge in [-0.3, -0.25) is 9.89 Å². The number of rotatable bonds is 7. The van der Waals surface area contributed by atoms with Crippen LogP contribution >= 0.6 is 0 Å². The summed E-state index contributed by atoms with van der Waals surface area (Å²) in [6.45, 7) is 6.54. The van der Waals surface area contributed by atoms with Gasteiger partial charge in [-0.2, -0.15) is 5.10 Å². The third kappa shape index (κ3) is 3.84. The van der Waals surface area contributed by atoms with Gasteiger partial charge in [0.05, 0.1) is 11.3 Å². The third-order valence-electron chi connectivity index (χ3n) is 3.14. The number of amides is 1. The molecule has 1 amide bonds. The summed E-state index contributed by atoms with van der Waals surface area (Å²) in [7, 11) is 0. The number of aliphatic hydroxyl groups excluding tert-OH is 1. The van der Waals surface area contributed by atoms with Gasteiger partial charge in [0.25, 0.3) is 5.91 Å². The number of aryl methyl sites for hydroxylation is 2. The Bertz CT molecular complexity index is 362. The highest BCUT2D eigenvalue weighted by molar-refractivity contribution is 5.96. The Labute approximate surface area is 108 Å². The van der Waals surface area contributed by atoms with Gasteiger partial charge in [-0.05, 0) is 32.6 Å². The lowest BCUT2D eigenvalue weighted by molar-refractivity contribution is 0.0941. The van der Waals surface area contributed by atoms with Crippen LogP contribution in [0.3, 0.4) is 0 Å². The average Bonchev–Trinajstić information content (AvgIpc) is 2.66. The zero-order valence-corrected chi connectivity index (χ0v) is 11.4. The van der Waals surface area contributed by atoms with Crippen molar-refractivity contribution in [3.8, 4) is 0 Å². The van der Waals surface area contributed by atoms with E-state index in [1.165, 1.54) is 0 Å². The molecule has 1 rings (SSSR count). The standard InChI is InChI=1S/C13H23N3O2/c1-4-5-11(6-7-17)8-14-13(18)12-9(2)15-16-10(12)3/h11,17H,4-8H2,1-3H3,(H,14,18)(H,15,16). The van der Waals surface area contributed by atoms with Gasteiger partial charge < -0.3 is 10.4 Å². The van der Waals surface area contributed by atoms with Gasteiger partial charge in [0.1, 0.15) is 0 Å². The highest BCUT2D eigenvalue weighted by atomic mass is 16.3. The molecule has 0 saturated carbocycles. The van der Waals surface area contributed by atoms with Crippen LogP contribution in [0.1, 0.15) is 47.9 Å². The maximum atomic E-state index is 12.0. The van der Waals surface area contributed by atoms with Crippen molar-refractivity contribution in [1.82, 2.24) is 15.5 Å². The molecule has 0 aliphatic heterocycles. The van der Waals surface area contributed by atoms with Crippen molar-refractivity contribution in [2.45, 2.75) is 40.0 Å². The molecule has 1 aromatic rings. The molecular formula is C13H23N3O2. The number of carbonyl (C=O) groups is 1. The molecule has 5 heteroatoms. The number of H-pyrrole nitrogens is 1. The third-order valence-corrected chi connectivity index (χ3v) is 3.14. The summed E-state index contributed by atoms with van der Waals surface area (Å²) in [6.07, 6.45) is 2.81. The number of nitrogens with one attached hydrogen (secondary N) is 2. The second-order valence-electron chi connectivity index (χ2n) is 4.69. The fourth-order valence-electron chi connectivity index (χ4n) is 2.15. The summed E-state index contributed by atoms with van der Waals surface area (Å²) in [4.78, 5) is 12.0. The van der Waals surface area contributed by atoms with Gasteiger partial charge in [-0.1, -0.05) is 13.3 Å². The minimum absolute atomic E-state index is 0.0854. The summed E-state index contributed by atoms with van der Waals surface area (Å²) < 4.78 is 0. The summed E-state index contributed by atoms with van der Waals surface area (Å²) in [5, 5.41) is 18.7. The first-order valence-corrected chi connectivity index (χ1v) is 6.50. The van der Waals surface area contributed by atoms with Gasteiger partial charge in [0.2, 0.25) is 0 Å². The lowest BCUT2D eigenvalue weighted by Gasteiger charge is -2.15. The van der Waals surface area contributed by atoms with Crippen LogP contribution in [-0.4, -0.2) is 34.4 Å². The van der Waals surface area contributed by atoms with Gasteiger partial charge >= 0.3 is 0 Å². The summed E-state index contributed by atoms with van der Waals surface area (Å²) >= 11 is 0. The first-order valence-electron chi connectivity index (χ1n) is 6.50. The van der Waals surface area contributed by atoms with Crippen LogP contribution in [0.4, 0.5) is 0 Å². The molecule has 18 heavy (non-hydrogen) atoms. The van der Waals surface area contributed by atoms with E-state index in [4.69, 9.17) is 5.11 Å². The van der Waals surface area contributed by atoms with E-state index < -0.39 is 0 Å². The topological polar surface area (TPSA) is 78.0 Å². The molecule has 0 radical (unpaired) electrons. The van der Waals surface area contributed by atoms with Crippen molar-refractivity contribution in [3.63, 3.8) is 0 Å². The summed E-state index contributed by atoms with van der Waals surface area (Å²) in [5.74, 6) is 0.259. The second-order valence-corrected chi connectivity index (χ2v) is 4.69. The van der Waals surface area contributed by atoms with Gasteiger partial charge in [-0.15, -0.1) is 0 Å². The molecule has 1 atom stereocenters. The van der Waals surface area contributed by atoms with E-state index in [9.17, 15) is 4.79 Å². The second kappa shape index (κ2) is 7.16. The largest absolute Gasteiger partial charge is 0.396 e. The number of carbonyl (C=O) groups excluding carboxylic acids is 1. The number of aromatic nitrogens is 2. The van der Waals surface area contributed by atoms with E-state index >= 15 is 0 Å². The monoisotopic (exact) mass is 253 g/mol. The molecule has 5 nitrogen and oxygen atoms in total. The SMILES string of the molecule is CCCC(CCO)CNC(=O)c1c(C)n[nH]c1C. The summed E-state index contributed by atoms with van der Waals surface area (Å²) in [6, 6.07) is 0. The Hall–Kier alpha value is -1.36. The first kappa shape index (κ1) is 14.7. The van der Waals surface area contributed by atoms with E-state index in [2.05, 4.69) is 22.4 Å². The van der Waals surface area contributed by atoms with Gasteiger partial charge in [0, 0.05) is 18.8 Å². The Morgan fingerprint density at radius 2 is 2.17 bits per heavy atom. The first-order chi connectivity index (χ1) is 8.60. The Morgan fingerprint density at radius 3 is 2.67 bits per heavy atom. The minimum atomic E-state index is -0.0854. The van der Waals surface area contributed by atoms with Crippen molar-refractivity contribution in [2.75, 3.05) is 13.2 Å². The van der Waals surface area contributed by atoms with Crippen molar-refractivity contribution in [2.24, 2.45) is 5.92 Å². The highest BCUT2D eigenvalue weighted by Gasteiger charge is 2.16. The van der Waals surface area contributed by atoms with Crippen molar-refractivity contribution in [1.29, 1.82) is 0 Å². The molecule has 102 valence electrons. The van der Waals surface area contributed by atoms with Crippen LogP contribution in [0.25, 0.3) is 0 Å². The van der Waals surface area contributed by atoms with E-state index in [1.54, 1.807) is 0 Å². The van der Waals surface area contributed by atoms with Crippen LogP contribution in [-0.2, 0) is 0 Å². The van der Waals surface area contributed by atoms with Crippen LogP contribution in [0.2, 0.25) is 0 Å². The van der Waals surface area contributed by atoms with Crippen molar-refractivity contribution < 1.29 is 9.90 Å². The van der Waals surface area contributed by atoms with Crippen LogP contribution in [0.15, 0.2) is 0 Å². The fraction of sp³-hybridized carbons (Fsp3) is 0.692. The smallest absolute Gasteiger partial charge is 0.255 e. The highest BCUT2D eigenvalue weighted by Crippen LogP contribution is 2.12. The minimum Gasteiger partial charge on any atom is -0.396 e. The molecule has 0 aliphatic rings.